The molecule has 1 amide bonds. The molecule has 0 aliphatic carbocycles. The van der Waals surface area contributed by atoms with Gasteiger partial charge in [-0.2, -0.15) is 0 Å². The zero-order valence-electron chi connectivity index (χ0n) is 14.0. The van der Waals surface area contributed by atoms with Gasteiger partial charge in [-0.25, -0.2) is 12.7 Å². The highest BCUT2D eigenvalue weighted by Gasteiger charge is 2.27. The second-order valence-corrected chi connectivity index (χ2v) is 8.27. The largest absolute Gasteiger partial charge is 0.346 e. The summed E-state index contributed by atoms with van der Waals surface area (Å²) in [5.41, 5.74) is 0.485. The van der Waals surface area contributed by atoms with Crippen molar-refractivity contribution in [2.24, 2.45) is 0 Å². The normalized spacial score (nSPS) is 21.6. The van der Waals surface area contributed by atoms with Gasteiger partial charge >= 0.3 is 0 Å². The van der Waals surface area contributed by atoms with Gasteiger partial charge in [-0.15, -0.1) is 0 Å². The molecule has 0 spiro atoms. The van der Waals surface area contributed by atoms with E-state index >= 15 is 0 Å². The fourth-order valence-corrected chi connectivity index (χ4v) is 3.90. The molecule has 0 bridgehead atoms. The Balaban J connectivity index is 1.98. The number of rotatable bonds is 6. The molecule has 2 rings (SSSR count). The Kier molecular flexibility index (Phi) is 5.78. The van der Waals surface area contributed by atoms with Crippen LogP contribution in [-0.4, -0.2) is 58.4 Å². The molecule has 1 heterocycles. The van der Waals surface area contributed by atoms with Gasteiger partial charge in [0.25, 0.3) is 5.91 Å². The lowest BCUT2D eigenvalue weighted by atomic mass is 10.2. The molecule has 23 heavy (non-hydrogen) atoms. The number of hydrogen-bond donors (Lipinski definition) is 2. The van der Waals surface area contributed by atoms with Gasteiger partial charge in [-0.3, -0.25) is 4.79 Å². The van der Waals surface area contributed by atoms with Gasteiger partial charge in [0.2, 0.25) is 10.0 Å². The van der Waals surface area contributed by atoms with E-state index in [-0.39, 0.29) is 10.8 Å². The van der Waals surface area contributed by atoms with Crippen molar-refractivity contribution < 1.29 is 18.1 Å². The van der Waals surface area contributed by atoms with Gasteiger partial charge in [-0.05, 0) is 31.2 Å². The van der Waals surface area contributed by atoms with E-state index in [9.17, 15) is 13.2 Å². The summed E-state index contributed by atoms with van der Waals surface area (Å²) in [6.45, 7) is 5.09. The van der Waals surface area contributed by atoms with Crippen LogP contribution in [0.4, 0.5) is 0 Å². The zero-order valence-corrected chi connectivity index (χ0v) is 14.8. The van der Waals surface area contributed by atoms with Gasteiger partial charge in [0.1, 0.15) is 6.04 Å². The van der Waals surface area contributed by atoms with Gasteiger partial charge in [-0.1, -0.05) is 0 Å². The maximum atomic E-state index is 12.2. The van der Waals surface area contributed by atoms with Crippen molar-refractivity contribution in [1.82, 2.24) is 9.62 Å². The van der Waals surface area contributed by atoms with E-state index in [2.05, 4.69) is 12.2 Å². The van der Waals surface area contributed by atoms with Crippen LogP contribution in [0.25, 0.3) is 0 Å². The highest BCUT2D eigenvalue weighted by atomic mass is 32.2. The van der Waals surface area contributed by atoms with Crippen LogP contribution in [0.2, 0.25) is 0 Å². The van der Waals surface area contributed by atoms with Crippen LogP contribution in [-0.2, 0) is 10.0 Å². The highest BCUT2D eigenvalue weighted by molar-refractivity contribution is 7.89. The Hall–Kier alpha value is -1.44. The quantitative estimate of drug-likeness (QED) is 0.749. The van der Waals surface area contributed by atoms with Crippen LogP contribution < -0.4 is 10.2 Å². The number of likely N-dealkylation sites (N-methyl/N-ethyl adjacent to an activating group) is 1. The smallest absolute Gasteiger partial charge is 0.251 e. The van der Waals surface area contributed by atoms with Crippen molar-refractivity contribution >= 4 is 15.9 Å². The van der Waals surface area contributed by atoms with Crippen LogP contribution in [0.1, 0.15) is 30.1 Å². The molecule has 2 atom stereocenters. The molecule has 1 saturated heterocycles. The molecule has 1 aliphatic rings. The van der Waals surface area contributed by atoms with E-state index in [4.69, 9.17) is 0 Å². The van der Waals surface area contributed by atoms with Crippen LogP contribution >= 0.6 is 0 Å². The first-order chi connectivity index (χ1) is 10.9. The third-order valence-electron chi connectivity index (χ3n) is 4.49. The fraction of sp³-hybridized carbons (Fsp3) is 0.562. The van der Waals surface area contributed by atoms with Gasteiger partial charge in [0.15, 0.2) is 0 Å². The topological polar surface area (TPSA) is 70.9 Å². The van der Waals surface area contributed by atoms with E-state index in [0.29, 0.717) is 18.2 Å². The molecule has 1 aliphatic heterocycles. The number of hydrogen-bond acceptors (Lipinski definition) is 3. The first-order valence-corrected chi connectivity index (χ1v) is 9.45. The van der Waals surface area contributed by atoms with E-state index in [1.54, 1.807) is 12.1 Å². The molecule has 1 fully saturated rings. The Morgan fingerprint density at radius 3 is 2.52 bits per heavy atom. The standard InChI is InChI=1S/C16H25N3O3S/c1-4-19-11-5-6-14(19)12-17-16(20)13-7-9-15(10-8-13)23(21,22)18(2)3/h7-10,14H,4-6,11-12H2,1-3H3,(H,17,20)/p+1/t14-/m0/s1. The van der Waals surface area contributed by atoms with Gasteiger partial charge in [0.05, 0.1) is 24.5 Å². The number of carbonyl (C=O) groups is 1. The summed E-state index contributed by atoms with van der Waals surface area (Å²) in [6, 6.07) is 6.56. The van der Waals surface area contributed by atoms with Crippen LogP contribution in [0.5, 0.6) is 0 Å². The van der Waals surface area contributed by atoms with Crippen molar-refractivity contribution in [2.75, 3.05) is 33.7 Å². The van der Waals surface area contributed by atoms with Crippen molar-refractivity contribution in [3.05, 3.63) is 29.8 Å². The highest BCUT2D eigenvalue weighted by Crippen LogP contribution is 2.14. The Morgan fingerprint density at radius 1 is 1.30 bits per heavy atom. The number of sulfonamides is 1. The number of amides is 1. The summed E-state index contributed by atoms with van der Waals surface area (Å²) in [4.78, 5) is 13.9. The molecule has 1 aromatic rings. The van der Waals surface area contributed by atoms with Crippen LogP contribution in [0.15, 0.2) is 29.2 Å². The summed E-state index contributed by atoms with van der Waals surface area (Å²) in [6.07, 6.45) is 2.35. The first-order valence-electron chi connectivity index (χ1n) is 8.01. The second-order valence-electron chi connectivity index (χ2n) is 6.12. The number of quaternary nitrogens is 1. The van der Waals surface area contributed by atoms with Crippen molar-refractivity contribution in [3.8, 4) is 0 Å². The molecular formula is C16H26N3O3S+. The minimum atomic E-state index is -3.46. The fourth-order valence-electron chi connectivity index (χ4n) is 3.00. The second kappa shape index (κ2) is 7.42. The SMILES string of the molecule is CC[NH+]1CCC[C@H]1CNC(=O)c1ccc(S(=O)(=O)N(C)C)cc1. The lowest BCUT2D eigenvalue weighted by Gasteiger charge is -2.20. The van der Waals surface area contributed by atoms with E-state index in [0.717, 1.165) is 17.3 Å². The monoisotopic (exact) mass is 340 g/mol. The molecule has 1 aromatic carbocycles. The average Bonchev–Trinajstić information content (AvgIpc) is 3.00. The average molecular weight is 340 g/mol. The number of benzene rings is 1. The maximum absolute atomic E-state index is 12.2. The van der Waals surface area contributed by atoms with E-state index < -0.39 is 10.0 Å². The third kappa shape index (κ3) is 4.10. The lowest BCUT2D eigenvalue weighted by molar-refractivity contribution is -0.909. The number of carbonyl (C=O) groups excluding carboxylic acids is 1. The zero-order chi connectivity index (χ0) is 17.0. The van der Waals surface area contributed by atoms with E-state index in [1.807, 2.05) is 0 Å². The molecule has 1 unspecified atom stereocenters. The van der Waals surface area contributed by atoms with Crippen molar-refractivity contribution in [3.63, 3.8) is 0 Å². The predicted molar refractivity (Wildman–Crippen MR) is 89.0 cm³/mol. The van der Waals surface area contributed by atoms with Crippen LogP contribution in [0.3, 0.4) is 0 Å². The lowest BCUT2D eigenvalue weighted by Crippen LogP contribution is -3.14. The Morgan fingerprint density at radius 2 is 1.96 bits per heavy atom. The molecule has 6 nitrogen and oxygen atoms in total. The summed E-state index contributed by atoms with van der Waals surface area (Å²) < 4.78 is 25.2. The maximum Gasteiger partial charge on any atom is 0.251 e. The summed E-state index contributed by atoms with van der Waals surface area (Å²) in [5.74, 6) is -0.152. The molecule has 0 saturated carbocycles. The van der Waals surface area contributed by atoms with Crippen LogP contribution in [0, 0.1) is 0 Å². The molecule has 2 N–H and O–H groups in total. The Labute approximate surface area is 138 Å². The number of nitrogens with one attached hydrogen (secondary N) is 2. The van der Waals surface area contributed by atoms with Gasteiger partial charge < -0.3 is 10.2 Å². The number of nitrogens with zero attached hydrogens (tertiary/aromatic N) is 1. The summed E-state index contributed by atoms with van der Waals surface area (Å²) in [5, 5.41) is 2.97. The molecule has 0 aromatic heterocycles. The minimum Gasteiger partial charge on any atom is -0.346 e. The van der Waals surface area contributed by atoms with Crippen molar-refractivity contribution in [2.45, 2.75) is 30.7 Å². The third-order valence-corrected chi connectivity index (χ3v) is 6.32. The number of likely N-dealkylation sites (tertiary alicyclic amines) is 1. The predicted octanol–water partition coefficient (Wildman–Crippen LogP) is -0.266. The molecule has 128 valence electrons. The summed E-state index contributed by atoms with van der Waals surface area (Å²) >= 11 is 0. The first kappa shape index (κ1) is 17.9. The Bertz CT molecular complexity index is 641. The molecule has 0 radical (unpaired) electrons. The van der Waals surface area contributed by atoms with Crippen molar-refractivity contribution in [1.29, 1.82) is 0 Å². The summed E-state index contributed by atoms with van der Waals surface area (Å²) in [7, 11) is -0.486. The molecule has 7 heteroatoms. The minimum absolute atomic E-state index is 0.152. The van der Waals surface area contributed by atoms with Gasteiger partial charge in [0, 0.05) is 32.5 Å². The molecular weight excluding hydrogens is 314 g/mol. The van der Waals surface area contributed by atoms with E-state index in [1.165, 1.54) is 44.1 Å².